The fourth-order valence-corrected chi connectivity index (χ4v) is 3.48. The summed E-state index contributed by atoms with van der Waals surface area (Å²) in [5.41, 5.74) is -0.332. The van der Waals surface area contributed by atoms with Gasteiger partial charge in [0.05, 0.1) is 11.6 Å². The maximum atomic E-state index is 13.1. The number of nitrogens with zero attached hydrogens (tertiary/aromatic N) is 4. The Bertz CT molecular complexity index is 1210. The molecule has 8 nitrogen and oxygen atoms in total. The zero-order chi connectivity index (χ0) is 27.0. The zero-order valence-electron chi connectivity index (χ0n) is 21.0. The molecule has 0 aliphatic heterocycles. The molecule has 0 bridgehead atoms. The summed E-state index contributed by atoms with van der Waals surface area (Å²) >= 11 is 6.36. The van der Waals surface area contributed by atoms with Crippen molar-refractivity contribution in [3.63, 3.8) is 0 Å². The number of aromatic nitrogens is 4. The molecule has 0 radical (unpaired) electrons. The van der Waals surface area contributed by atoms with E-state index in [0.717, 1.165) is 19.3 Å². The Balaban J connectivity index is 1.77. The average Bonchev–Trinajstić information content (AvgIpc) is 2.87. The molecule has 0 fully saturated rings. The smallest absolute Gasteiger partial charge is 0.318 e. The largest absolute Gasteiger partial charge is 0.479 e. The molecule has 37 heavy (non-hydrogen) atoms. The molecule has 0 aliphatic carbocycles. The fraction of sp³-hybridized carbons (Fsp3) is 0.423. The number of pyridine rings is 1. The third-order valence-electron chi connectivity index (χ3n) is 5.72. The topological polar surface area (TPSA) is 110 Å². The molecule has 0 unspecified atom stereocenters. The van der Waals surface area contributed by atoms with Crippen molar-refractivity contribution in [2.45, 2.75) is 59.4 Å². The number of hydrogen-bond acceptors (Lipinski definition) is 7. The number of halogens is 3. The molecule has 3 rings (SSSR count). The minimum Gasteiger partial charge on any atom is -0.479 e. The van der Waals surface area contributed by atoms with E-state index in [0.29, 0.717) is 34.2 Å². The zero-order valence-corrected chi connectivity index (χ0v) is 21.7. The van der Waals surface area contributed by atoms with Gasteiger partial charge in [0.25, 0.3) is 6.43 Å². The van der Waals surface area contributed by atoms with Crippen molar-refractivity contribution in [3.05, 3.63) is 47.1 Å². The number of amides is 1. The third-order valence-corrected chi connectivity index (χ3v) is 6.05. The van der Waals surface area contributed by atoms with Gasteiger partial charge in [-0.3, -0.25) is 4.79 Å². The number of alkyl halides is 2. The van der Waals surface area contributed by atoms with E-state index in [1.54, 1.807) is 30.3 Å². The van der Waals surface area contributed by atoms with E-state index in [2.05, 4.69) is 32.2 Å². The number of unbranched alkanes of at least 4 members (excludes halogenated alkanes) is 3. The summed E-state index contributed by atoms with van der Waals surface area (Å²) in [5.74, 6) is -0.0191. The summed E-state index contributed by atoms with van der Waals surface area (Å²) < 4.78 is 31.9. The minimum absolute atomic E-state index is 0.00704. The van der Waals surface area contributed by atoms with Crippen molar-refractivity contribution in [3.8, 4) is 34.7 Å². The van der Waals surface area contributed by atoms with Crippen LogP contribution >= 0.6 is 11.6 Å². The Morgan fingerprint density at radius 3 is 2.54 bits per heavy atom. The van der Waals surface area contributed by atoms with Crippen LogP contribution in [0.5, 0.6) is 11.9 Å². The van der Waals surface area contributed by atoms with Crippen LogP contribution in [-0.4, -0.2) is 44.0 Å². The molecule has 0 saturated heterocycles. The predicted octanol–water partition coefficient (Wildman–Crippen LogP) is 5.83. The molecule has 0 aliphatic rings. The van der Waals surface area contributed by atoms with Crippen molar-refractivity contribution < 1.29 is 23.4 Å². The Hall–Kier alpha value is -3.40. The molecular weight excluding hydrogens is 504 g/mol. The number of aromatic hydroxyl groups is 1. The van der Waals surface area contributed by atoms with Gasteiger partial charge in [0, 0.05) is 29.9 Å². The van der Waals surface area contributed by atoms with Crippen LogP contribution in [-0.2, 0) is 11.3 Å². The molecule has 2 heterocycles. The Labute approximate surface area is 219 Å². The highest BCUT2D eigenvalue weighted by Gasteiger charge is 2.37. The van der Waals surface area contributed by atoms with E-state index in [1.807, 2.05) is 0 Å². The van der Waals surface area contributed by atoms with Gasteiger partial charge >= 0.3 is 6.01 Å². The summed E-state index contributed by atoms with van der Waals surface area (Å²) in [6, 6.07) is 7.76. The highest BCUT2D eigenvalue weighted by atomic mass is 35.5. The van der Waals surface area contributed by atoms with Gasteiger partial charge in [0.15, 0.2) is 11.6 Å². The second-order valence-electron chi connectivity index (χ2n) is 9.10. The molecule has 198 valence electrons. The summed E-state index contributed by atoms with van der Waals surface area (Å²) in [7, 11) is 0. The third kappa shape index (κ3) is 7.55. The van der Waals surface area contributed by atoms with E-state index in [-0.39, 0.29) is 18.2 Å². The quantitative estimate of drug-likeness (QED) is 0.282. The van der Waals surface area contributed by atoms with Crippen LogP contribution in [0.25, 0.3) is 22.8 Å². The lowest BCUT2D eigenvalue weighted by Crippen LogP contribution is -2.41. The molecule has 2 aromatic heterocycles. The molecule has 1 aromatic carbocycles. The first-order valence-electron chi connectivity index (χ1n) is 12.0. The average molecular weight is 534 g/mol. The second-order valence-corrected chi connectivity index (χ2v) is 9.50. The SMILES string of the molecule is CCCCCCOc1ccc(-c2nc(O)nc(-c3cc(CNC(=O)C(C)(C)C(F)F)ccc3Cl)n2)cn1. The molecule has 1 amide bonds. The lowest BCUT2D eigenvalue weighted by atomic mass is 9.93. The highest BCUT2D eigenvalue weighted by Crippen LogP contribution is 2.30. The van der Waals surface area contributed by atoms with Crippen molar-refractivity contribution in [2.75, 3.05) is 6.61 Å². The van der Waals surface area contributed by atoms with Gasteiger partial charge in [0.2, 0.25) is 11.8 Å². The minimum atomic E-state index is -2.80. The number of ether oxygens (including phenoxy) is 1. The molecule has 0 saturated carbocycles. The van der Waals surface area contributed by atoms with Crippen molar-refractivity contribution in [1.82, 2.24) is 25.3 Å². The van der Waals surface area contributed by atoms with Crippen LogP contribution in [0.3, 0.4) is 0 Å². The Morgan fingerprint density at radius 2 is 1.86 bits per heavy atom. The van der Waals surface area contributed by atoms with Gasteiger partial charge in [-0.1, -0.05) is 43.9 Å². The Morgan fingerprint density at radius 1 is 1.11 bits per heavy atom. The van der Waals surface area contributed by atoms with E-state index >= 15 is 0 Å². The number of hydrogen-bond donors (Lipinski definition) is 2. The molecular formula is C26H30ClF2N5O3. The monoisotopic (exact) mass is 533 g/mol. The lowest BCUT2D eigenvalue weighted by molar-refractivity contribution is -0.137. The van der Waals surface area contributed by atoms with Crippen molar-refractivity contribution in [1.29, 1.82) is 0 Å². The van der Waals surface area contributed by atoms with Crippen molar-refractivity contribution >= 4 is 17.5 Å². The fourth-order valence-electron chi connectivity index (χ4n) is 3.28. The number of carbonyl (C=O) groups excluding carboxylic acids is 1. The summed E-state index contributed by atoms with van der Waals surface area (Å²) in [4.78, 5) is 28.9. The lowest BCUT2D eigenvalue weighted by Gasteiger charge is -2.22. The molecule has 0 spiro atoms. The van der Waals surface area contributed by atoms with Gasteiger partial charge in [-0.25, -0.2) is 18.7 Å². The van der Waals surface area contributed by atoms with Crippen LogP contribution in [0.4, 0.5) is 8.78 Å². The number of carbonyl (C=O) groups is 1. The molecule has 2 N–H and O–H groups in total. The summed E-state index contributed by atoms with van der Waals surface area (Å²) in [5, 5.41) is 13.0. The Kier molecular flexibility index (Phi) is 9.68. The summed E-state index contributed by atoms with van der Waals surface area (Å²) in [6.45, 7) is 5.08. The highest BCUT2D eigenvalue weighted by molar-refractivity contribution is 6.33. The van der Waals surface area contributed by atoms with E-state index in [4.69, 9.17) is 16.3 Å². The van der Waals surface area contributed by atoms with Crippen LogP contribution in [0.2, 0.25) is 5.02 Å². The first-order chi connectivity index (χ1) is 17.6. The summed E-state index contributed by atoms with van der Waals surface area (Å²) in [6.07, 6.45) is 3.11. The van der Waals surface area contributed by atoms with E-state index in [1.165, 1.54) is 26.5 Å². The molecule has 11 heteroatoms. The van der Waals surface area contributed by atoms with Crippen LogP contribution in [0.1, 0.15) is 52.0 Å². The number of rotatable bonds is 12. The number of nitrogens with one attached hydrogen (secondary N) is 1. The first kappa shape index (κ1) is 28.2. The van der Waals surface area contributed by atoms with Crippen LogP contribution in [0.15, 0.2) is 36.5 Å². The van der Waals surface area contributed by atoms with Gasteiger partial charge in [-0.2, -0.15) is 9.97 Å². The van der Waals surface area contributed by atoms with E-state index in [9.17, 15) is 18.7 Å². The van der Waals surface area contributed by atoms with Gasteiger partial charge < -0.3 is 15.2 Å². The maximum absolute atomic E-state index is 13.1. The second kappa shape index (κ2) is 12.7. The van der Waals surface area contributed by atoms with Gasteiger partial charge in [-0.15, -0.1) is 0 Å². The van der Waals surface area contributed by atoms with Crippen LogP contribution in [0, 0.1) is 5.41 Å². The van der Waals surface area contributed by atoms with Gasteiger partial charge in [-0.05, 0) is 44.0 Å². The normalized spacial score (nSPS) is 11.5. The number of benzene rings is 1. The molecule has 3 aromatic rings. The first-order valence-corrected chi connectivity index (χ1v) is 12.4. The van der Waals surface area contributed by atoms with Crippen LogP contribution < -0.4 is 10.1 Å². The predicted molar refractivity (Wildman–Crippen MR) is 136 cm³/mol. The van der Waals surface area contributed by atoms with Gasteiger partial charge in [0.1, 0.15) is 5.41 Å². The molecule has 0 atom stereocenters. The van der Waals surface area contributed by atoms with E-state index < -0.39 is 23.8 Å². The maximum Gasteiger partial charge on any atom is 0.318 e. The van der Waals surface area contributed by atoms with Crippen molar-refractivity contribution in [2.24, 2.45) is 5.41 Å². The standard InChI is InChI=1S/C26H30ClF2N5O3/c1-4-5-6-7-12-37-20-11-9-17(15-30-20)21-32-22(34-25(36)33-21)18-13-16(8-10-19(18)27)14-31-24(35)26(2,3)23(28)29/h8-11,13,15,23H,4-7,12,14H2,1-3H3,(H,31,35)(H,32,33,34,36).